The fourth-order valence-electron chi connectivity index (χ4n) is 0.497. The molecule has 0 bridgehead atoms. The van der Waals surface area contributed by atoms with Crippen molar-refractivity contribution in [2.75, 3.05) is 11.9 Å². The number of carbonyl (C=O) groups excluding carboxylic acids is 1. The monoisotopic (exact) mass is 184 g/mol. The van der Waals surface area contributed by atoms with Gasteiger partial charge in [-0.1, -0.05) is 11.6 Å². The van der Waals surface area contributed by atoms with Crippen molar-refractivity contribution in [1.29, 1.82) is 0 Å². The highest BCUT2D eigenvalue weighted by molar-refractivity contribution is 6.18. The van der Waals surface area contributed by atoms with Gasteiger partial charge < -0.3 is 4.74 Å². The second-order valence-corrected chi connectivity index (χ2v) is 2.37. The molecule has 0 aromatic rings. The van der Waals surface area contributed by atoms with E-state index in [4.69, 9.17) is 23.2 Å². The van der Waals surface area contributed by atoms with Gasteiger partial charge in [-0.15, -0.1) is 11.6 Å². The number of unbranched alkanes of at least 4 members (excludes halogenated alkanes) is 1. The van der Waals surface area contributed by atoms with Crippen molar-refractivity contribution >= 4 is 29.2 Å². The molecule has 0 saturated carbocycles. The zero-order valence-electron chi connectivity index (χ0n) is 5.61. The number of alkyl halides is 2. The van der Waals surface area contributed by atoms with Gasteiger partial charge in [-0.3, -0.25) is 4.79 Å². The van der Waals surface area contributed by atoms with Crippen LogP contribution in [0.2, 0.25) is 0 Å². The summed E-state index contributed by atoms with van der Waals surface area (Å²) in [7, 11) is 0. The summed E-state index contributed by atoms with van der Waals surface area (Å²) in [4.78, 5) is 10.6. The van der Waals surface area contributed by atoms with Gasteiger partial charge in [0.25, 0.3) is 0 Å². The molecule has 60 valence electrons. The quantitative estimate of drug-likeness (QED) is 0.372. The first kappa shape index (κ1) is 10.0. The van der Waals surface area contributed by atoms with Crippen LogP contribution in [0.5, 0.6) is 0 Å². The average molecular weight is 185 g/mol. The maximum Gasteiger partial charge on any atom is 0.306 e. The van der Waals surface area contributed by atoms with E-state index in [-0.39, 0.29) is 12.0 Å². The Morgan fingerprint density at radius 1 is 1.30 bits per heavy atom. The molecule has 0 aliphatic heterocycles. The van der Waals surface area contributed by atoms with Crippen LogP contribution in [0.25, 0.3) is 0 Å². The Morgan fingerprint density at radius 2 is 2.00 bits per heavy atom. The Balaban J connectivity index is 3.05. The molecule has 0 amide bonds. The van der Waals surface area contributed by atoms with Crippen LogP contribution in [0.15, 0.2) is 0 Å². The molecule has 0 aliphatic rings. The third kappa shape index (κ3) is 6.17. The smallest absolute Gasteiger partial charge is 0.306 e. The van der Waals surface area contributed by atoms with Gasteiger partial charge in [-0.2, -0.15) is 0 Å². The molecule has 0 spiro atoms. The van der Waals surface area contributed by atoms with Gasteiger partial charge in [0.15, 0.2) is 6.07 Å². The maximum atomic E-state index is 10.6. The lowest BCUT2D eigenvalue weighted by atomic mass is 10.2. The van der Waals surface area contributed by atoms with Crippen LogP contribution in [0.4, 0.5) is 0 Å². The largest absolute Gasteiger partial charge is 0.449 e. The summed E-state index contributed by atoms with van der Waals surface area (Å²) in [6.45, 7) is 0. The van der Waals surface area contributed by atoms with Gasteiger partial charge in [-0.25, -0.2) is 0 Å². The molecule has 0 heterocycles. The lowest BCUT2D eigenvalue weighted by Gasteiger charge is -1.97. The number of hydrogen-bond donors (Lipinski definition) is 0. The topological polar surface area (TPSA) is 26.3 Å². The summed E-state index contributed by atoms with van der Waals surface area (Å²) in [6.07, 6.45) is 2.04. The Bertz CT molecular complexity index is 95.7. The third-order valence-electron chi connectivity index (χ3n) is 0.980. The number of hydrogen-bond acceptors (Lipinski definition) is 2. The van der Waals surface area contributed by atoms with Gasteiger partial charge >= 0.3 is 5.97 Å². The second-order valence-electron chi connectivity index (χ2n) is 1.77. The van der Waals surface area contributed by atoms with Gasteiger partial charge in [-0.05, 0) is 12.8 Å². The van der Waals surface area contributed by atoms with Gasteiger partial charge in [0, 0.05) is 12.3 Å². The second kappa shape index (κ2) is 7.16. The Morgan fingerprint density at radius 3 is 2.50 bits per heavy atom. The van der Waals surface area contributed by atoms with Gasteiger partial charge in [0.05, 0.1) is 0 Å². The van der Waals surface area contributed by atoms with E-state index < -0.39 is 0 Å². The molecule has 0 unspecified atom stereocenters. The van der Waals surface area contributed by atoms with Crippen molar-refractivity contribution in [3.63, 3.8) is 0 Å². The highest BCUT2D eigenvalue weighted by Crippen LogP contribution is 1.99. The van der Waals surface area contributed by atoms with Crippen molar-refractivity contribution in [2.24, 2.45) is 0 Å². The molecule has 0 atom stereocenters. The van der Waals surface area contributed by atoms with E-state index >= 15 is 0 Å². The SMILES string of the molecule is O=C(CCCCCl)OCCl. The fourth-order valence-corrected chi connectivity index (χ4v) is 0.808. The molecule has 0 radical (unpaired) electrons. The molecule has 0 rings (SSSR count). The summed E-state index contributed by atoms with van der Waals surface area (Å²) in [5.41, 5.74) is 0. The molecular formula is C6H10Cl2O2. The molecular weight excluding hydrogens is 175 g/mol. The zero-order chi connectivity index (χ0) is 7.82. The van der Waals surface area contributed by atoms with E-state index in [2.05, 4.69) is 4.74 Å². The van der Waals surface area contributed by atoms with Crippen LogP contribution in [0.1, 0.15) is 19.3 Å². The van der Waals surface area contributed by atoms with Crippen molar-refractivity contribution in [3.05, 3.63) is 0 Å². The Labute approximate surface area is 70.4 Å². The van der Waals surface area contributed by atoms with Crippen LogP contribution in [-0.4, -0.2) is 17.9 Å². The summed E-state index contributed by atoms with van der Waals surface area (Å²) < 4.78 is 4.47. The average Bonchev–Trinajstić information content (AvgIpc) is 1.89. The molecule has 0 N–H and O–H groups in total. The van der Waals surface area contributed by atoms with Crippen molar-refractivity contribution < 1.29 is 9.53 Å². The van der Waals surface area contributed by atoms with Gasteiger partial charge in [0.2, 0.25) is 0 Å². The predicted molar refractivity (Wildman–Crippen MR) is 41.4 cm³/mol. The lowest BCUT2D eigenvalue weighted by Crippen LogP contribution is -2.02. The molecule has 0 aliphatic carbocycles. The molecule has 4 heteroatoms. The zero-order valence-corrected chi connectivity index (χ0v) is 7.12. The minimum Gasteiger partial charge on any atom is -0.449 e. The fraction of sp³-hybridized carbons (Fsp3) is 0.833. The summed E-state index contributed by atoms with van der Waals surface area (Å²) in [5, 5.41) is 0. The summed E-state index contributed by atoms with van der Waals surface area (Å²) >= 11 is 10.5. The van der Waals surface area contributed by atoms with Crippen LogP contribution in [-0.2, 0) is 9.53 Å². The maximum absolute atomic E-state index is 10.6. The number of rotatable bonds is 5. The lowest BCUT2D eigenvalue weighted by molar-refractivity contribution is -0.141. The van der Waals surface area contributed by atoms with Crippen LogP contribution in [0, 0.1) is 0 Å². The Hall–Kier alpha value is 0.0500. The number of carbonyl (C=O) groups is 1. The summed E-state index contributed by atoms with van der Waals surface area (Å²) in [5.74, 6) is 0.342. The van der Waals surface area contributed by atoms with Crippen LogP contribution in [0.3, 0.4) is 0 Å². The standard InChI is InChI=1S/C6H10Cl2O2/c7-4-2-1-3-6(9)10-5-8/h1-5H2. The van der Waals surface area contributed by atoms with Crippen LogP contribution < -0.4 is 0 Å². The minimum absolute atomic E-state index is 0.0558. The third-order valence-corrected chi connectivity index (χ3v) is 1.36. The molecule has 0 fully saturated rings. The Kier molecular flexibility index (Phi) is 7.20. The predicted octanol–water partition coefficient (Wildman–Crippen LogP) is 2.13. The molecule has 0 aromatic carbocycles. The number of halogens is 2. The van der Waals surface area contributed by atoms with E-state index in [0.29, 0.717) is 12.3 Å². The number of ether oxygens (including phenoxy) is 1. The van der Waals surface area contributed by atoms with Crippen molar-refractivity contribution in [3.8, 4) is 0 Å². The van der Waals surface area contributed by atoms with E-state index in [1.165, 1.54) is 0 Å². The van der Waals surface area contributed by atoms with E-state index in [0.717, 1.165) is 12.8 Å². The molecule has 10 heavy (non-hydrogen) atoms. The number of esters is 1. The van der Waals surface area contributed by atoms with Crippen molar-refractivity contribution in [2.45, 2.75) is 19.3 Å². The van der Waals surface area contributed by atoms with Crippen molar-refractivity contribution in [1.82, 2.24) is 0 Å². The first-order chi connectivity index (χ1) is 4.81. The van der Waals surface area contributed by atoms with E-state index in [1.807, 2.05) is 0 Å². The molecule has 2 nitrogen and oxygen atoms in total. The minimum atomic E-state index is -0.250. The molecule has 0 aromatic heterocycles. The van der Waals surface area contributed by atoms with Gasteiger partial charge in [0.1, 0.15) is 0 Å². The highest BCUT2D eigenvalue weighted by atomic mass is 35.5. The first-order valence-corrected chi connectivity index (χ1v) is 4.15. The molecule has 0 saturated heterocycles. The first-order valence-electron chi connectivity index (χ1n) is 3.08. The highest BCUT2D eigenvalue weighted by Gasteiger charge is 1.99. The summed E-state index contributed by atoms with van der Waals surface area (Å²) in [6, 6.07) is -0.0558. The van der Waals surface area contributed by atoms with E-state index in [1.54, 1.807) is 0 Å². The van der Waals surface area contributed by atoms with E-state index in [9.17, 15) is 4.79 Å². The van der Waals surface area contributed by atoms with Crippen LogP contribution >= 0.6 is 23.2 Å². The normalized spacial score (nSPS) is 9.40.